The standard InChI is InChI=1S/C14H19BrN2O2S/c1-4-17(9-13(18)16-10(2)3)14(19)8-6-11-5-7-12(15)20-11/h5-8,10H,4,9H2,1-3H3,(H,16,18). The van der Waals surface area contributed by atoms with Crippen molar-refractivity contribution in [3.63, 3.8) is 0 Å². The number of likely N-dealkylation sites (N-methyl/N-ethyl adjacent to an activating group) is 1. The zero-order valence-corrected chi connectivity index (χ0v) is 14.3. The molecule has 1 aromatic heterocycles. The third kappa shape index (κ3) is 5.88. The summed E-state index contributed by atoms with van der Waals surface area (Å²) in [5, 5.41) is 2.78. The predicted octanol–water partition coefficient (Wildman–Crippen LogP) is 2.90. The monoisotopic (exact) mass is 358 g/mol. The fourth-order valence-electron chi connectivity index (χ4n) is 1.56. The molecule has 1 aromatic rings. The highest BCUT2D eigenvalue weighted by molar-refractivity contribution is 9.11. The molecule has 0 aliphatic carbocycles. The molecule has 0 aliphatic heterocycles. The zero-order valence-electron chi connectivity index (χ0n) is 11.9. The highest BCUT2D eigenvalue weighted by atomic mass is 79.9. The Bertz CT molecular complexity index is 497. The molecule has 0 aromatic carbocycles. The second-order valence-electron chi connectivity index (χ2n) is 4.55. The Morgan fingerprint density at radius 1 is 1.45 bits per heavy atom. The summed E-state index contributed by atoms with van der Waals surface area (Å²) in [4.78, 5) is 26.2. The van der Waals surface area contributed by atoms with E-state index in [1.54, 1.807) is 17.4 Å². The molecular weight excluding hydrogens is 340 g/mol. The Morgan fingerprint density at radius 3 is 2.65 bits per heavy atom. The van der Waals surface area contributed by atoms with Crippen LogP contribution in [0, 0.1) is 0 Å². The number of amides is 2. The molecular formula is C14H19BrN2O2S. The minimum Gasteiger partial charge on any atom is -0.352 e. The fourth-order valence-corrected chi connectivity index (χ4v) is 2.89. The summed E-state index contributed by atoms with van der Waals surface area (Å²) < 4.78 is 1.02. The lowest BCUT2D eigenvalue weighted by atomic mass is 10.3. The maximum atomic E-state index is 12.0. The largest absolute Gasteiger partial charge is 0.352 e. The molecule has 0 unspecified atom stereocenters. The molecule has 0 fully saturated rings. The van der Waals surface area contributed by atoms with E-state index in [4.69, 9.17) is 0 Å². The summed E-state index contributed by atoms with van der Waals surface area (Å²) in [5.74, 6) is -0.293. The first-order valence-corrected chi connectivity index (χ1v) is 8.05. The Labute approximate surface area is 132 Å². The number of thiophene rings is 1. The van der Waals surface area contributed by atoms with E-state index in [1.165, 1.54) is 11.0 Å². The maximum absolute atomic E-state index is 12.0. The molecule has 20 heavy (non-hydrogen) atoms. The van der Waals surface area contributed by atoms with Crippen LogP contribution in [0.5, 0.6) is 0 Å². The van der Waals surface area contributed by atoms with Gasteiger partial charge in [-0.05, 0) is 54.9 Å². The number of halogens is 1. The van der Waals surface area contributed by atoms with Crippen LogP contribution in [0.1, 0.15) is 25.6 Å². The second-order valence-corrected chi connectivity index (χ2v) is 7.04. The molecule has 4 nitrogen and oxygen atoms in total. The van der Waals surface area contributed by atoms with Crippen LogP contribution in [0.2, 0.25) is 0 Å². The molecule has 1 N–H and O–H groups in total. The molecule has 110 valence electrons. The normalized spacial score (nSPS) is 11.1. The quantitative estimate of drug-likeness (QED) is 0.794. The molecule has 1 heterocycles. The van der Waals surface area contributed by atoms with Crippen molar-refractivity contribution >= 4 is 45.2 Å². The van der Waals surface area contributed by atoms with Crippen LogP contribution in [-0.2, 0) is 9.59 Å². The predicted molar refractivity (Wildman–Crippen MR) is 86.6 cm³/mol. The number of nitrogens with zero attached hydrogens (tertiary/aromatic N) is 1. The number of carbonyl (C=O) groups is 2. The van der Waals surface area contributed by atoms with Gasteiger partial charge in [0.25, 0.3) is 0 Å². The molecule has 0 radical (unpaired) electrons. The van der Waals surface area contributed by atoms with Gasteiger partial charge in [-0.15, -0.1) is 11.3 Å². The second kappa shape index (κ2) is 8.21. The Balaban J connectivity index is 2.58. The van der Waals surface area contributed by atoms with E-state index >= 15 is 0 Å². The van der Waals surface area contributed by atoms with Gasteiger partial charge in [0.05, 0.1) is 10.3 Å². The van der Waals surface area contributed by atoms with Crippen LogP contribution < -0.4 is 5.32 Å². The van der Waals surface area contributed by atoms with E-state index in [0.717, 1.165) is 8.66 Å². The SMILES string of the molecule is CCN(CC(=O)NC(C)C)C(=O)C=Cc1ccc(Br)s1. The van der Waals surface area contributed by atoms with Gasteiger partial charge in [-0.1, -0.05) is 0 Å². The number of nitrogens with one attached hydrogen (secondary N) is 1. The van der Waals surface area contributed by atoms with Crippen molar-refractivity contribution in [2.75, 3.05) is 13.1 Å². The van der Waals surface area contributed by atoms with E-state index in [0.29, 0.717) is 6.54 Å². The van der Waals surface area contributed by atoms with E-state index in [-0.39, 0.29) is 24.4 Å². The van der Waals surface area contributed by atoms with Crippen LogP contribution >= 0.6 is 27.3 Å². The number of hydrogen-bond donors (Lipinski definition) is 1. The Kier molecular flexibility index (Phi) is 6.95. The van der Waals surface area contributed by atoms with Crippen LogP contribution in [0.3, 0.4) is 0 Å². The first kappa shape index (κ1) is 16.9. The molecule has 0 saturated carbocycles. The smallest absolute Gasteiger partial charge is 0.247 e. The van der Waals surface area contributed by atoms with Crippen LogP contribution in [0.15, 0.2) is 22.0 Å². The number of hydrogen-bond acceptors (Lipinski definition) is 3. The Morgan fingerprint density at radius 2 is 2.15 bits per heavy atom. The van der Waals surface area contributed by atoms with Crippen molar-refractivity contribution in [2.24, 2.45) is 0 Å². The van der Waals surface area contributed by atoms with E-state index in [9.17, 15) is 9.59 Å². The van der Waals surface area contributed by atoms with E-state index in [2.05, 4.69) is 21.2 Å². The van der Waals surface area contributed by atoms with Crippen molar-refractivity contribution in [1.82, 2.24) is 10.2 Å². The molecule has 6 heteroatoms. The molecule has 1 rings (SSSR count). The lowest BCUT2D eigenvalue weighted by molar-refractivity contribution is -0.132. The van der Waals surface area contributed by atoms with Gasteiger partial charge in [0, 0.05) is 23.5 Å². The molecule has 0 aliphatic rings. The van der Waals surface area contributed by atoms with Gasteiger partial charge in [-0.25, -0.2) is 0 Å². The first-order valence-electron chi connectivity index (χ1n) is 6.44. The molecule has 0 atom stereocenters. The van der Waals surface area contributed by atoms with Crippen LogP contribution in [0.4, 0.5) is 0 Å². The molecule has 2 amide bonds. The maximum Gasteiger partial charge on any atom is 0.247 e. The average Bonchev–Trinajstić information content (AvgIpc) is 2.78. The van der Waals surface area contributed by atoms with Gasteiger partial charge < -0.3 is 10.2 Å². The van der Waals surface area contributed by atoms with E-state index in [1.807, 2.05) is 32.9 Å². The van der Waals surface area contributed by atoms with Crippen LogP contribution in [-0.4, -0.2) is 35.8 Å². The summed E-state index contributed by atoms with van der Waals surface area (Å²) in [6, 6.07) is 3.94. The zero-order chi connectivity index (χ0) is 15.1. The van der Waals surface area contributed by atoms with Gasteiger partial charge in [0.15, 0.2) is 0 Å². The highest BCUT2D eigenvalue weighted by Crippen LogP contribution is 2.22. The van der Waals surface area contributed by atoms with Crippen molar-refractivity contribution in [2.45, 2.75) is 26.8 Å². The summed E-state index contributed by atoms with van der Waals surface area (Å²) in [5.41, 5.74) is 0. The third-order valence-electron chi connectivity index (χ3n) is 2.46. The average molecular weight is 359 g/mol. The molecule has 0 spiro atoms. The minimum absolute atomic E-state index is 0.0790. The topological polar surface area (TPSA) is 49.4 Å². The first-order chi connectivity index (χ1) is 9.42. The highest BCUT2D eigenvalue weighted by Gasteiger charge is 2.13. The summed E-state index contributed by atoms with van der Waals surface area (Å²) >= 11 is 4.92. The van der Waals surface area contributed by atoms with Gasteiger partial charge in [-0.2, -0.15) is 0 Å². The lowest BCUT2D eigenvalue weighted by Gasteiger charge is -2.19. The minimum atomic E-state index is -0.157. The van der Waals surface area contributed by atoms with E-state index < -0.39 is 0 Å². The van der Waals surface area contributed by atoms with Crippen LogP contribution in [0.25, 0.3) is 6.08 Å². The molecule has 0 saturated heterocycles. The van der Waals surface area contributed by atoms with Gasteiger partial charge in [0.2, 0.25) is 11.8 Å². The summed E-state index contributed by atoms with van der Waals surface area (Å²) in [7, 11) is 0. The Hall–Kier alpha value is -1.14. The van der Waals surface area contributed by atoms with Crippen molar-refractivity contribution in [3.05, 3.63) is 26.9 Å². The summed E-state index contributed by atoms with van der Waals surface area (Å²) in [6.07, 6.45) is 3.27. The molecule has 0 bridgehead atoms. The van der Waals surface area contributed by atoms with Crippen molar-refractivity contribution < 1.29 is 9.59 Å². The number of carbonyl (C=O) groups excluding carboxylic acids is 2. The lowest BCUT2D eigenvalue weighted by Crippen LogP contribution is -2.42. The van der Waals surface area contributed by atoms with Gasteiger partial charge in [0.1, 0.15) is 0 Å². The van der Waals surface area contributed by atoms with Gasteiger partial charge in [-0.3, -0.25) is 9.59 Å². The summed E-state index contributed by atoms with van der Waals surface area (Å²) in [6.45, 7) is 6.24. The third-order valence-corrected chi connectivity index (χ3v) is 4.05. The van der Waals surface area contributed by atoms with Crippen molar-refractivity contribution in [3.8, 4) is 0 Å². The number of rotatable bonds is 6. The fraction of sp³-hybridized carbons (Fsp3) is 0.429. The van der Waals surface area contributed by atoms with Crippen molar-refractivity contribution in [1.29, 1.82) is 0 Å². The van der Waals surface area contributed by atoms with Gasteiger partial charge >= 0.3 is 0 Å².